The van der Waals surface area contributed by atoms with Crippen LogP contribution in [0.1, 0.15) is 41.4 Å². The number of hydrogen-bond acceptors (Lipinski definition) is 8. The van der Waals surface area contributed by atoms with Crippen LogP contribution < -0.4 is 42.5 Å². The average Bonchev–Trinajstić information content (AvgIpc) is 3.24. The van der Waals surface area contributed by atoms with Gasteiger partial charge in [0.25, 0.3) is 23.6 Å². The molecule has 4 amide bonds. The van der Waals surface area contributed by atoms with Gasteiger partial charge >= 0.3 is 0 Å². The van der Waals surface area contributed by atoms with Gasteiger partial charge in [-0.2, -0.15) is 0 Å². The second kappa shape index (κ2) is 19.5. The van der Waals surface area contributed by atoms with E-state index in [4.69, 9.17) is 0 Å². The van der Waals surface area contributed by atoms with E-state index in [1.165, 1.54) is 0 Å². The van der Waals surface area contributed by atoms with Crippen molar-refractivity contribution in [1.82, 2.24) is 0 Å². The lowest BCUT2D eigenvalue weighted by Crippen LogP contribution is -2.15. The molecule has 0 atom stereocenters. The Kier molecular flexibility index (Phi) is 13.8. The van der Waals surface area contributed by atoms with Gasteiger partial charge in [0, 0.05) is 95.9 Å². The molecule has 0 radical (unpaired) electrons. The summed E-state index contributed by atoms with van der Waals surface area (Å²) in [6.45, 7) is 0. The van der Waals surface area contributed by atoms with E-state index >= 15 is 0 Å². The Bertz CT molecular complexity index is 2120. The maximum atomic E-state index is 12.6. The van der Waals surface area contributed by atoms with Crippen molar-refractivity contribution in [3.8, 4) is 0 Å². The van der Waals surface area contributed by atoms with Gasteiger partial charge in [0.05, 0.1) is 0 Å². The van der Waals surface area contributed by atoms with Gasteiger partial charge < -0.3 is 42.5 Å². The minimum Gasteiger partial charge on any atom is -0.388 e. The molecule has 0 aliphatic carbocycles. The fourth-order valence-electron chi connectivity index (χ4n) is 5.33. The Morgan fingerprint density at radius 3 is 0.929 bits per heavy atom. The van der Waals surface area contributed by atoms with Crippen LogP contribution >= 0.6 is 0 Å². The van der Waals surface area contributed by atoms with Crippen molar-refractivity contribution in [1.29, 1.82) is 0 Å². The number of carbonyl (C=O) groups excluding carboxylic acids is 4. The minimum absolute atomic E-state index is 0.230. The largest absolute Gasteiger partial charge is 0.388 e. The van der Waals surface area contributed by atoms with Crippen LogP contribution in [0.3, 0.4) is 0 Å². The number of benzene rings is 6. The summed E-state index contributed by atoms with van der Waals surface area (Å²) in [4.78, 5) is 49.9. The first-order valence-electron chi connectivity index (χ1n) is 17.7. The molecule has 6 aromatic carbocycles. The van der Waals surface area contributed by atoms with Gasteiger partial charge in [0.15, 0.2) is 0 Å². The molecule has 0 unspecified atom stereocenters. The van der Waals surface area contributed by atoms with Crippen molar-refractivity contribution >= 4 is 69.1 Å². The van der Waals surface area contributed by atoms with Crippen LogP contribution in [0.5, 0.6) is 0 Å². The standard InChI is InChI=1S/2C22H22N4O2/c1-23-17-8-4-10-19(13-17)25-21(27)15-6-3-7-16(12-15)22(28)26-20-11-5-9-18(14-20)24-2;1-23-17-7-11-19(12-8-17)25-21(27)15-3-5-16(6-4-15)22(28)26-20-13-9-18(24-2)10-14-20/h2*3-14,23-24H,1-2H3,(H,25,27)(H,26,28). The van der Waals surface area contributed by atoms with Gasteiger partial charge in [0.1, 0.15) is 0 Å². The molecule has 0 saturated carbocycles. The fourth-order valence-corrected chi connectivity index (χ4v) is 5.33. The van der Waals surface area contributed by atoms with Gasteiger partial charge in [-0.25, -0.2) is 0 Å². The third-order valence-electron chi connectivity index (χ3n) is 8.48. The van der Waals surface area contributed by atoms with E-state index in [2.05, 4.69) is 42.5 Å². The first-order chi connectivity index (χ1) is 27.2. The van der Waals surface area contributed by atoms with E-state index in [1.54, 1.807) is 48.5 Å². The summed E-state index contributed by atoms with van der Waals surface area (Å²) in [6.07, 6.45) is 0. The van der Waals surface area contributed by atoms with Crippen LogP contribution in [0, 0.1) is 0 Å². The summed E-state index contributed by atoms with van der Waals surface area (Å²) in [5.41, 5.74) is 8.27. The highest BCUT2D eigenvalue weighted by molar-refractivity contribution is 6.09. The second-order valence-corrected chi connectivity index (χ2v) is 12.3. The smallest absolute Gasteiger partial charge is 0.255 e. The first kappa shape index (κ1) is 39.6. The SMILES string of the molecule is CNc1ccc(NC(=O)c2ccc(C(=O)Nc3ccc(NC)cc3)cc2)cc1.CNc1cccc(NC(=O)c2cccc(C(=O)Nc3cccc(NC)c3)c2)c1. The first-order valence-corrected chi connectivity index (χ1v) is 17.7. The quantitative estimate of drug-likeness (QED) is 0.0617. The predicted molar refractivity (Wildman–Crippen MR) is 229 cm³/mol. The lowest BCUT2D eigenvalue weighted by atomic mass is 10.1. The lowest BCUT2D eigenvalue weighted by Gasteiger charge is -2.10. The van der Waals surface area contributed by atoms with Gasteiger partial charge in [-0.3, -0.25) is 19.2 Å². The fraction of sp³-hybridized carbons (Fsp3) is 0.0909. The second-order valence-electron chi connectivity index (χ2n) is 12.3. The molecule has 6 aromatic rings. The number of rotatable bonds is 12. The molecule has 0 bridgehead atoms. The molecule has 6 rings (SSSR count). The van der Waals surface area contributed by atoms with Gasteiger partial charge in [0.2, 0.25) is 0 Å². The molecule has 0 spiro atoms. The Hall–Kier alpha value is -7.60. The van der Waals surface area contributed by atoms with Crippen LogP contribution in [-0.4, -0.2) is 51.8 Å². The third kappa shape index (κ3) is 11.2. The van der Waals surface area contributed by atoms with Crippen molar-refractivity contribution in [2.45, 2.75) is 0 Å². The normalized spacial score (nSPS) is 10.1. The van der Waals surface area contributed by atoms with Crippen LogP contribution in [0.4, 0.5) is 45.5 Å². The molecule has 12 heteroatoms. The highest BCUT2D eigenvalue weighted by Gasteiger charge is 2.13. The van der Waals surface area contributed by atoms with E-state index in [0.717, 1.165) is 22.7 Å². The molecule has 0 fully saturated rings. The number of carbonyl (C=O) groups is 4. The average molecular weight is 749 g/mol. The van der Waals surface area contributed by atoms with E-state index in [9.17, 15) is 19.2 Å². The summed E-state index contributed by atoms with van der Waals surface area (Å²) < 4.78 is 0. The van der Waals surface area contributed by atoms with E-state index in [1.807, 2.05) is 125 Å². The zero-order chi connectivity index (χ0) is 39.9. The van der Waals surface area contributed by atoms with E-state index in [0.29, 0.717) is 45.0 Å². The maximum Gasteiger partial charge on any atom is 0.255 e. The number of amides is 4. The molecule has 0 aliphatic rings. The van der Waals surface area contributed by atoms with Crippen LogP contribution in [0.2, 0.25) is 0 Å². The van der Waals surface area contributed by atoms with E-state index < -0.39 is 0 Å². The highest BCUT2D eigenvalue weighted by atomic mass is 16.2. The molecule has 0 aromatic heterocycles. The van der Waals surface area contributed by atoms with Crippen molar-refractivity contribution in [2.24, 2.45) is 0 Å². The molecule has 284 valence electrons. The molecule has 56 heavy (non-hydrogen) atoms. The minimum atomic E-state index is -0.278. The molecule has 0 saturated heterocycles. The molecule has 0 heterocycles. The maximum absolute atomic E-state index is 12.6. The zero-order valence-electron chi connectivity index (χ0n) is 31.5. The summed E-state index contributed by atoms with van der Waals surface area (Å²) in [5.74, 6) is -1.01. The molecule has 8 N–H and O–H groups in total. The number of anilines is 8. The van der Waals surface area contributed by atoms with Gasteiger partial charge in [-0.1, -0.05) is 18.2 Å². The molecular weight excluding hydrogens is 705 g/mol. The molecular formula is C44H44N8O4. The third-order valence-corrected chi connectivity index (χ3v) is 8.48. The summed E-state index contributed by atoms with van der Waals surface area (Å²) in [7, 11) is 7.30. The van der Waals surface area contributed by atoms with Crippen LogP contribution in [0.25, 0.3) is 0 Å². The number of nitrogens with one attached hydrogen (secondary N) is 8. The monoisotopic (exact) mass is 748 g/mol. The van der Waals surface area contributed by atoms with Crippen molar-refractivity contribution in [2.75, 3.05) is 70.7 Å². The predicted octanol–water partition coefficient (Wildman–Crippen LogP) is 8.55. The van der Waals surface area contributed by atoms with Gasteiger partial charge in [-0.05, 0) is 127 Å². The Labute approximate surface area is 326 Å². The Morgan fingerprint density at radius 2 is 0.571 bits per heavy atom. The summed E-state index contributed by atoms with van der Waals surface area (Å²) in [6, 6.07) is 42.8. The van der Waals surface area contributed by atoms with Crippen molar-refractivity contribution in [3.05, 3.63) is 168 Å². The van der Waals surface area contributed by atoms with E-state index in [-0.39, 0.29) is 23.6 Å². The van der Waals surface area contributed by atoms with Gasteiger partial charge in [-0.15, -0.1) is 0 Å². The molecule has 0 aliphatic heterocycles. The molecule has 12 nitrogen and oxygen atoms in total. The van der Waals surface area contributed by atoms with Crippen LogP contribution in [-0.2, 0) is 0 Å². The lowest BCUT2D eigenvalue weighted by molar-refractivity contribution is 0.101. The Balaban J connectivity index is 0.000000214. The van der Waals surface area contributed by atoms with Crippen molar-refractivity contribution < 1.29 is 19.2 Å². The van der Waals surface area contributed by atoms with Crippen LogP contribution in [0.15, 0.2) is 146 Å². The zero-order valence-corrected chi connectivity index (χ0v) is 31.5. The summed E-state index contributed by atoms with van der Waals surface area (Å²) >= 11 is 0. The Morgan fingerprint density at radius 1 is 0.286 bits per heavy atom. The number of hydrogen-bond donors (Lipinski definition) is 8. The topological polar surface area (TPSA) is 165 Å². The van der Waals surface area contributed by atoms with Crippen molar-refractivity contribution in [3.63, 3.8) is 0 Å². The highest BCUT2D eigenvalue weighted by Crippen LogP contribution is 2.19. The summed E-state index contributed by atoms with van der Waals surface area (Å²) in [5, 5.41) is 23.5.